The van der Waals surface area contributed by atoms with Gasteiger partial charge in [-0.1, -0.05) is 25.0 Å². The second kappa shape index (κ2) is 10.9. The Balaban J connectivity index is 1.21. The van der Waals surface area contributed by atoms with Crippen molar-refractivity contribution in [2.24, 2.45) is 0 Å². The van der Waals surface area contributed by atoms with Crippen LogP contribution in [0.1, 0.15) is 62.5 Å². The van der Waals surface area contributed by atoms with E-state index in [0.717, 1.165) is 30.8 Å². The van der Waals surface area contributed by atoms with E-state index in [1.165, 1.54) is 57.2 Å². The Hall–Kier alpha value is -3.14. The molecule has 1 aromatic carbocycles. The molecular formula is C28H34F3N5O2. The van der Waals surface area contributed by atoms with Crippen LogP contribution in [0.5, 0.6) is 0 Å². The highest BCUT2D eigenvalue weighted by Crippen LogP contribution is 2.43. The first-order valence-corrected chi connectivity index (χ1v) is 13.5. The van der Waals surface area contributed by atoms with Crippen LogP contribution in [0.4, 0.5) is 29.5 Å². The number of hydrogen-bond acceptors (Lipinski definition) is 4. The number of amides is 3. The van der Waals surface area contributed by atoms with Crippen molar-refractivity contribution in [3.05, 3.63) is 53.7 Å². The van der Waals surface area contributed by atoms with E-state index in [0.29, 0.717) is 19.2 Å². The minimum absolute atomic E-state index is 0.0269. The lowest BCUT2D eigenvalue weighted by Gasteiger charge is -2.35. The number of urea groups is 1. The van der Waals surface area contributed by atoms with Gasteiger partial charge in [0.05, 0.1) is 5.56 Å². The van der Waals surface area contributed by atoms with Gasteiger partial charge in [0.25, 0.3) is 0 Å². The van der Waals surface area contributed by atoms with E-state index in [4.69, 9.17) is 0 Å². The SMILES string of the molecule is O=C(Nc1ccc(C(F)(F)F)cn1)N[C@@H]1CCCN(c2ccc(C3(CN4CCCC4)CCCC3)cc2)C1=O. The van der Waals surface area contributed by atoms with Crippen LogP contribution >= 0.6 is 0 Å². The number of nitrogens with zero attached hydrogens (tertiary/aromatic N) is 3. The van der Waals surface area contributed by atoms with E-state index in [-0.39, 0.29) is 17.1 Å². The maximum absolute atomic E-state index is 13.2. The molecule has 1 saturated carbocycles. The number of carbonyl (C=O) groups is 2. The Morgan fingerprint density at radius 2 is 1.68 bits per heavy atom. The molecule has 7 nitrogen and oxygen atoms in total. The van der Waals surface area contributed by atoms with E-state index >= 15 is 0 Å². The number of alkyl halides is 3. The van der Waals surface area contributed by atoms with E-state index in [1.807, 2.05) is 12.1 Å². The zero-order valence-corrected chi connectivity index (χ0v) is 21.4. The molecule has 2 aliphatic heterocycles. The van der Waals surface area contributed by atoms with Crippen LogP contribution in [0.3, 0.4) is 0 Å². The number of anilines is 2. The molecule has 10 heteroatoms. The summed E-state index contributed by atoms with van der Waals surface area (Å²) in [6, 6.07) is 8.90. The summed E-state index contributed by atoms with van der Waals surface area (Å²) in [5.74, 6) is -0.229. The molecule has 0 bridgehead atoms. The van der Waals surface area contributed by atoms with Crippen LogP contribution < -0.4 is 15.5 Å². The minimum atomic E-state index is -4.50. The number of rotatable bonds is 6. The summed E-state index contributed by atoms with van der Waals surface area (Å²) < 4.78 is 38.2. The Kier molecular flexibility index (Phi) is 7.61. The predicted octanol–water partition coefficient (Wildman–Crippen LogP) is 5.33. The lowest BCUT2D eigenvalue weighted by Crippen LogP contribution is -2.53. The number of likely N-dealkylation sites (tertiary alicyclic amines) is 1. The van der Waals surface area contributed by atoms with Gasteiger partial charge in [-0.25, -0.2) is 9.78 Å². The van der Waals surface area contributed by atoms with Crippen LogP contribution in [0.15, 0.2) is 42.6 Å². The predicted molar refractivity (Wildman–Crippen MR) is 139 cm³/mol. The molecule has 3 amide bonds. The third kappa shape index (κ3) is 5.80. The Morgan fingerprint density at radius 1 is 0.974 bits per heavy atom. The molecule has 0 spiro atoms. The fraction of sp³-hybridized carbons (Fsp3) is 0.536. The zero-order valence-electron chi connectivity index (χ0n) is 21.4. The summed E-state index contributed by atoms with van der Waals surface area (Å²) in [5, 5.41) is 5.07. The van der Waals surface area contributed by atoms with Crippen molar-refractivity contribution in [1.29, 1.82) is 0 Å². The van der Waals surface area contributed by atoms with Gasteiger partial charge in [-0.2, -0.15) is 13.2 Å². The molecule has 38 heavy (non-hydrogen) atoms. The Morgan fingerprint density at radius 3 is 2.32 bits per heavy atom. The normalized spacial score (nSPS) is 22.0. The summed E-state index contributed by atoms with van der Waals surface area (Å²) in [6.45, 7) is 4.03. The molecular weight excluding hydrogens is 495 g/mol. The van der Waals surface area contributed by atoms with Crippen LogP contribution in [0, 0.1) is 0 Å². The van der Waals surface area contributed by atoms with Gasteiger partial charge >= 0.3 is 12.2 Å². The van der Waals surface area contributed by atoms with Crippen molar-refractivity contribution in [2.45, 2.75) is 69.0 Å². The maximum Gasteiger partial charge on any atom is 0.417 e. The fourth-order valence-electron chi connectivity index (χ4n) is 6.17. The molecule has 5 rings (SSSR count). The highest BCUT2D eigenvalue weighted by atomic mass is 19.4. The highest BCUT2D eigenvalue weighted by Gasteiger charge is 2.38. The first-order valence-electron chi connectivity index (χ1n) is 13.5. The van der Waals surface area contributed by atoms with Crippen LogP contribution in [-0.2, 0) is 16.4 Å². The lowest BCUT2D eigenvalue weighted by atomic mass is 9.78. The van der Waals surface area contributed by atoms with Crippen LogP contribution in [-0.4, -0.2) is 54.0 Å². The highest BCUT2D eigenvalue weighted by molar-refractivity contribution is 6.01. The first-order chi connectivity index (χ1) is 18.2. The third-order valence-electron chi connectivity index (χ3n) is 8.15. The molecule has 2 N–H and O–H groups in total. The molecule has 3 aliphatic rings. The molecule has 1 atom stereocenters. The number of aromatic nitrogens is 1. The number of benzene rings is 1. The van der Waals surface area contributed by atoms with Gasteiger partial charge in [0.1, 0.15) is 11.9 Å². The molecule has 3 heterocycles. The van der Waals surface area contributed by atoms with Gasteiger partial charge in [-0.15, -0.1) is 0 Å². The quantitative estimate of drug-likeness (QED) is 0.531. The van der Waals surface area contributed by atoms with Crippen molar-refractivity contribution >= 4 is 23.4 Å². The number of halogens is 3. The monoisotopic (exact) mass is 529 g/mol. The summed E-state index contributed by atoms with van der Waals surface area (Å²) in [7, 11) is 0. The summed E-state index contributed by atoms with van der Waals surface area (Å²) >= 11 is 0. The number of carbonyl (C=O) groups excluding carboxylic acids is 2. The number of hydrogen-bond donors (Lipinski definition) is 2. The van der Waals surface area contributed by atoms with Gasteiger partial charge in [-0.3, -0.25) is 10.1 Å². The van der Waals surface area contributed by atoms with Crippen molar-refractivity contribution in [1.82, 2.24) is 15.2 Å². The molecule has 1 aromatic heterocycles. The van der Waals surface area contributed by atoms with E-state index in [1.54, 1.807) is 4.90 Å². The zero-order chi connectivity index (χ0) is 26.8. The molecule has 2 aromatic rings. The third-order valence-corrected chi connectivity index (χ3v) is 8.15. The number of piperidine rings is 1. The van der Waals surface area contributed by atoms with E-state index < -0.39 is 23.8 Å². The molecule has 2 saturated heterocycles. The van der Waals surface area contributed by atoms with Crippen molar-refractivity contribution in [3.8, 4) is 0 Å². The Bertz CT molecular complexity index is 1120. The first kappa shape index (κ1) is 26.5. The minimum Gasteiger partial charge on any atom is -0.326 e. The second-order valence-electron chi connectivity index (χ2n) is 10.7. The average Bonchev–Trinajstić information content (AvgIpc) is 3.59. The van der Waals surface area contributed by atoms with Crippen molar-refractivity contribution < 1.29 is 22.8 Å². The molecule has 3 fully saturated rings. The van der Waals surface area contributed by atoms with Crippen molar-refractivity contribution in [3.63, 3.8) is 0 Å². The van der Waals surface area contributed by atoms with Gasteiger partial charge in [-0.05, 0) is 81.4 Å². The molecule has 0 radical (unpaired) electrons. The van der Waals surface area contributed by atoms with Crippen molar-refractivity contribution in [2.75, 3.05) is 36.4 Å². The number of nitrogens with one attached hydrogen (secondary N) is 2. The fourth-order valence-corrected chi connectivity index (χ4v) is 6.17. The summed E-state index contributed by atoms with van der Waals surface area (Å²) in [5.41, 5.74) is 1.43. The van der Waals surface area contributed by atoms with Gasteiger partial charge in [0.2, 0.25) is 5.91 Å². The maximum atomic E-state index is 13.2. The molecule has 204 valence electrons. The van der Waals surface area contributed by atoms with Crippen LogP contribution in [0.2, 0.25) is 0 Å². The Labute approximate surface area is 220 Å². The topological polar surface area (TPSA) is 77.6 Å². The standard InChI is InChI=1S/C28H34F3N5O2/c29-28(30,31)21-9-12-24(32-18-21)34-26(38)33-23-6-5-17-36(25(23)37)22-10-7-20(8-11-22)27(13-1-2-14-27)19-35-15-3-4-16-35/h7-12,18,23H,1-6,13-17,19H2,(H2,32,33,34,38)/t23-/m1/s1. The molecule has 1 aliphatic carbocycles. The molecule has 0 unspecified atom stereocenters. The average molecular weight is 530 g/mol. The number of pyridine rings is 1. The van der Waals surface area contributed by atoms with Gasteiger partial charge in [0.15, 0.2) is 0 Å². The summed E-state index contributed by atoms with van der Waals surface area (Å²) in [4.78, 5) is 33.6. The lowest BCUT2D eigenvalue weighted by molar-refractivity contribution is -0.137. The van der Waals surface area contributed by atoms with Gasteiger partial charge < -0.3 is 15.1 Å². The largest absolute Gasteiger partial charge is 0.417 e. The van der Waals surface area contributed by atoms with Gasteiger partial charge in [0, 0.05) is 30.4 Å². The van der Waals surface area contributed by atoms with E-state index in [2.05, 4.69) is 32.7 Å². The smallest absolute Gasteiger partial charge is 0.326 e. The summed E-state index contributed by atoms with van der Waals surface area (Å²) in [6.07, 6.45) is 4.80. The van der Waals surface area contributed by atoms with E-state index in [9.17, 15) is 22.8 Å². The second-order valence-corrected chi connectivity index (χ2v) is 10.7. The van der Waals surface area contributed by atoms with Crippen LogP contribution in [0.25, 0.3) is 0 Å².